The molecule has 28 heavy (non-hydrogen) atoms. The first-order valence-electron chi connectivity index (χ1n) is 8.90. The Morgan fingerprint density at radius 1 is 1.18 bits per heavy atom. The maximum atomic E-state index is 12.3. The quantitative estimate of drug-likeness (QED) is 0.569. The summed E-state index contributed by atoms with van der Waals surface area (Å²) in [7, 11) is 4.40. The fourth-order valence-electron chi connectivity index (χ4n) is 2.53. The number of esters is 1. The van der Waals surface area contributed by atoms with E-state index in [9.17, 15) is 14.4 Å². The van der Waals surface area contributed by atoms with Crippen LogP contribution in [-0.4, -0.2) is 63.1 Å². The fraction of sp³-hybridized carbons (Fsp3) is 0.526. The van der Waals surface area contributed by atoms with E-state index in [4.69, 9.17) is 21.1 Å². The highest BCUT2D eigenvalue weighted by Crippen LogP contribution is 2.27. The van der Waals surface area contributed by atoms with E-state index in [1.165, 1.54) is 19.1 Å². The Labute approximate surface area is 170 Å². The van der Waals surface area contributed by atoms with Crippen LogP contribution in [0, 0.1) is 5.92 Å². The Morgan fingerprint density at radius 3 is 2.39 bits per heavy atom. The van der Waals surface area contributed by atoms with Gasteiger partial charge < -0.3 is 20.1 Å². The first-order valence-corrected chi connectivity index (χ1v) is 9.28. The molecule has 0 aliphatic carbocycles. The van der Waals surface area contributed by atoms with Crippen LogP contribution >= 0.6 is 11.6 Å². The minimum atomic E-state index is -0.722. The molecule has 0 unspecified atom stereocenters. The zero-order chi connectivity index (χ0) is 21.3. The fourth-order valence-corrected chi connectivity index (χ4v) is 2.70. The maximum Gasteiger partial charge on any atom is 0.328 e. The van der Waals surface area contributed by atoms with E-state index in [1.807, 2.05) is 13.8 Å². The number of carbonyl (C=O) groups is 3. The van der Waals surface area contributed by atoms with Gasteiger partial charge in [-0.1, -0.05) is 31.9 Å². The summed E-state index contributed by atoms with van der Waals surface area (Å²) in [6.45, 7) is 3.70. The molecule has 2 amide bonds. The van der Waals surface area contributed by atoms with Crippen molar-refractivity contribution in [1.29, 1.82) is 0 Å². The highest BCUT2D eigenvalue weighted by atomic mass is 35.5. The van der Waals surface area contributed by atoms with Crippen molar-refractivity contribution < 1.29 is 23.9 Å². The van der Waals surface area contributed by atoms with Gasteiger partial charge in [-0.25, -0.2) is 4.79 Å². The van der Waals surface area contributed by atoms with Gasteiger partial charge in [-0.15, -0.1) is 0 Å². The number of anilines is 1. The minimum absolute atomic E-state index is 0.0324. The molecular weight excluding hydrogens is 386 g/mol. The van der Waals surface area contributed by atoms with Crippen LogP contribution in [0.2, 0.25) is 5.02 Å². The van der Waals surface area contributed by atoms with Gasteiger partial charge in [0.05, 0.1) is 33.0 Å². The van der Waals surface area contributed by atoms with Crippen LogP contribution in [0.3, 0.4) is 0 Å². The van der Waals surface area contributed by atoms with Crippen LogP contribution in [-0.2, 0) is 19.1 Å². The standard InChI is InChI=1S/C19H28ClN3O5/c1-6-12(2)18(19(26)28-5)22-17(25)11-23(3)10-16(24)21-14-9-13(20)7-8-15(14)27-4/h7-9,12,18H,6,10-11H2,1-5H3,(H,21,24)(H,22,25)/t12-,18-/m1/s1. The Bertz CT molecular complexity index is 698. The molecule has 156 valence electrons. The van der Waals surface area contributed by atoms with Crippen LogP contribution in [0.4, 0.5) is 5.69 Å². The first-order chi connectivity index (χ1) is 13.2. The maximum absolute atomic E-state index is 12.3. The zero-order valence-corrected chi connectivity index (χ0v) is 17.6. The SMILES string of the molecule is CC[C@@H](C)[C@@H](NC(=O)CN(C)CC(=O)Nc1cc(Cl)ccc1OC)C(=O)OC. The van der Waals surface area contributed by atoms with Crippen molar-refractivity contribution in [2.45, 2.75) is 26.3 Å². The number of halogens is 1. The normalized spacial score (nSPS) is 12.8. The average Bonchev–Trinajstić information content (AvgIpc) is 2.64. The largest absolute Gasteiger partial charge is 0.495 e. The van der Waals surface area contributed by atoms with Gasteiger partial charge in [0.2, 0.25) is 11.8 Å². The molecule has 0 saturated carbocycles. The van der Waals surface area contributed by atoms with E-state index < -0.39 is 12.0 Å². The van der Waals surface area contributed by atoms with Gasteiger partial charge in [0.1, 0.15) is 11.8 Å². The lowest BCUT2D eigenvalue weighted by atomic mass is 9.99. The second-order valence-electron chi connectivity index (χ2n) is 6.52. The molecule has 8 nitrogen and oxygen atoms in total. The molecule has 0 spiro atoms. The molecule has 0 fully saturated rings. The predicted octanol–water partition coefficient (Wildman–Crippen LogP) is 1.92. The summed E-state index contributed by atoms with van der Waals surface area (Å²) >= 11 is 5.95. The van der Waals surface area contributed by atoms with Crippen molar-refractivity contribution in [2.75, 3.05) is 39.7 Å². The van der Waals surface area contributed by atoms with Crippen molar-refractivity contribution >= 4 is 35.1 Å². The molecule has 0 radical (unpaired) electrons. The van der Waals surface area contributed by atoms with Crippen molar-refractivity contribution in [3.8, 4) is 5.75 Å². The lowest BCUT2D eigenvalue weighted by Crippen LogP contribution is -2.49. The lowest BCUT2D eigenvalue weighted by Gasteiger charge is -2.23. The van der Waals surface area contributed by atoms with E-state index in [0.29, 0.717) is 22.9 Å². The Hall–Kier alpha value is -2.32. The number of benzene rings is 1. The van der Waals surface area contributed by atoms with Gasteiger partial charge in [-0.05, 0) is 31.2 Å². The Kier molecular flexibility index (Phi) is 9.75. The molecule has 0 heterocycles. The summed E-state index contributed by atoms with van der Waals surface area (Å²) in [5, 5.41) is 5.84. The predicted molar refractivity (Wildman–Crippen MR) is 108 cm³/mol. The van der Waals surface area contributed by atoms with Gasteiger partial charge in [-0.3, -0.25) is 14.5 Å². The molecule has 2 N–H and O–H groups in total. The Morgan fingerprint density at radius 2 is 1.82 bits per heavy atom. The van der Waals surface area contributed by atoms with E-state index >= 15 is 0 Å². The van der Waals surface area contributed by atoms with Crippen molar-refractivity contribution in [2.24, 2.45) is 5.92 Å². The van der Waals surface area contributed by atoms with E-state index in [1.54, 1.807) is 25.2 Å². The number of nitrogens with one attached hydrogen (secondary N) is 2. The highest BCUT2D eigenvalue weighted by Gasteiger charge is 2.27. The summed E-state index contributed by atoms with van der Waals surface area (Å²) < 4.78 is 9.94. The molecule has 0 aliphatic rings. The summed E-state index contributed by atoms with van der Waals surface area (Å²) in [5.74, 6) is -0.780. The lowest BCUT2D eigenvalue weighted by molar-refractivity contribution is -0.146. The van der Waals surface area contributed by atoms with Crippen molar-refractivity contribution in [3.63, 3.8) is 0 Å². The van der Waals surface area contributed by atoms with Crippen LogP contribution in [0.25, 0.3) is 0 Å². The van der Waals surface area contributed by atoms with E-state index in [0.717, 1.165) is 0 Å². The van der Waals surface area contributed by atoms with Gasteiger partial charge in [0, 0.05) is 5.02 Å². The number of hydrogen-bond donors (Lipinski definition) is 2. The monoisotopic (exact) mass is 413 g/mol. The minimum Gasteiger partial charge on any atom is -0.495 e. The second-order valence-corrected chi connectivity index (χ2v) is 6.96. The molecular formula is C19H28ClN3O5. The van der Waals surface area contributed by atoms with Crippen LogP contribution < -0.4 is 15.4 Å². The van der Waals surface area contributed by atoms with Crippen molar-refractivity contribution in [3.05, 3.63) is 23.2 Å². The molecule has 0 aliphatic heterocycles. The molecule has 2 atom stereocenters. The number of rotatable bonds is 10. The molecule has 0 saturated heterocycles. The summed E-state index contributed by atoms with van der Waals surface area (Å²) in [6.07, 6.45) is 0.708. The third-order valence-corrected chi connectivity index (χ3v) is 4.48. The number of hydrogen-bond acceptors (Lipinski definition) is 6. The van der Waals surface area contributed by atoms with Gasteiger partial charge in [0.15, 0.2) is 0 Å². The van der Waals surface area contributed by atoms with Crippen LogP contribution in [0.5, 0.6) is 5.75 Å². The second kappa shape index (κ2) is 11.5. The zero-order valence-electron chi connectivity index (χ0n) is 16.9. The molecule has 0 bridgehead atoms. The molecule has 9 heteroatoms. The van der Waals surface area contributed by atoms with Gasteiger partial charge in [0.25, 0.3) is 0 Å². The summed E-state index contributed by atoms with van der Waals surface area (Å²) in [4.78, 5) is 37.9. The number of amides is 2. The van der Waals surface area contributed by atoms with Crippen molar-refractivity contribution in [1.82, 2.24) is 10.2 Å². The number of methoxy groups -OCH3 is 2. The molecule has 0 aromatic heterocycles. The summed E-state index contributed by atoms with van der Waals surface area (Å²) in [6, 6.07) is 4.16. The number of nitrogens with zero attached hydrogens (tertiary/aromatic N) is 1. The van der Waals surface area contributed by atoms with E-state index in [2.05, 4.69) is 10.6 Å². The third-order valence-electron chi connectivity index (χ3n) is 4.25. The molecule has 1 aromatic carbocycles. The van der Waals surface area contributed by atoms with E-state index in [-0.39, 0.29) is 30.8 Å². The van der Waals surface area contributed by atoms with Crippen LogP contribution in [0.15, 0.2) is 18.2 Å². The number of carbonyl (C=O) groups excluding carboxylic acids is 3. The number of ether oxygens (including phenoxy) is 2. The average molecular weight is 414 g/mol. The number of likely N-dealkylation sites (N-methyl/N-ethyl adjacent to an activating group) is 1. The van der Waals surface area contributed by atoms with Crippen LogP contribution in [0.1, 0.15) is 20.3 Å². The smallest absolute Gasteiger partial charge is 0.328 e. The molecule has 1 rings (SSSR count). The summed E-state index contributed by atoms with van der Waals surface area (Å²) in [5.41, 5.74) is 0.445. The Balaban J connectivity index is 2.62. The third kappa shape index (κ3) is 7.36. The highest BCUT2D eigenvalue weighted by molar-refractivity contribution is 6.31. The topological polar surface area (TPSA) is 97.0 Å². The first kappa shape index (κ1) is 23.7. The van der Waals surface area contributed by atoms with Gasteiger partial charge >= 0.3 is 5.97 Å². The van der Waals surface area contributed by atoms with Gasteiger partial charge in [-0.2, -0.15) is 0 Å². The molecule has 1 aromatic rings.